The summed E-state index contributed by atoms with van der Waals surface area (Å²) in [5.41, 5.74) is 5.09. The van der Waals surface area contributed by atoms with Gasteiger partial charge in [-0.2, -0.15) is 5.10 Å². The molecule has 3 amide bonds. The van der Waals surface area contributed by atoms with Crippen LogP contribution in [0.4, 0.5) is 4.79 Å². The second-order valence-corrected chi connectivity index (χ2v) is 17.4. The third-order valence-corrected chi connectivity index (χ3v) is 13.2. The molecule has 2 saturated carbocycles. The smallest absolute Gasteiger partial charge is 0.413 e. The minimum atomic E-state index is -0.983. The number of nitrogens with zero attached hydrogens (tertiary/aromatic N) is 6. The Hall–Kier alpha value is -6.91. The number of piperidine rings is 1. The Labute approximate surface area is 375 Å². The second-order valence-electron chi connectivity index (χ2n) is 17.4. The largest absolute Gasteiger partial charge is 0.493 e. The zero-order chi connectivity index (χ0) is 44.6. The van der Waals surface area contributed by atoms with Crippen LogP contribution in [0.15, 0.2) is 66.3 Å². The van der Waals surface area contributed by atoms with E-state index in [0.717, 1.165) is 55.4 Å². The molecule has 5 aromatic rings. The minimum absolute atomic E-state index is 0.0205. The summed E-state index contributed by atoms with van der Waals surface area (Å²) in [6.07, 6.45) is 11.1. The lowest BCUT2D eigenvalue weighted by molar-refractivity contribution is -0.143. The van der Waals surface area contributed by atoms with E-state index in [1.54, 1.807) is 49.5 Å². The highest BCUT2D eigenvalue weighted by atomic mass is 16.7. The number of carbonyl (C=O) groups is 3. The first kappa shape index (κ1) is 42.1. The number of hydrogen-bond acceptors (Lipinski definition) is 13. The number of hydrazone groups is 1. The van der Waals surface area contributed by atoms with Crippen molar-refractivity contribution in [3.05, 3.63) is 78.0 Å². The van der Waals surface area contributed by atoms with Crippen molar-refractivity contribution in [2.45, 2.75) is 76.8 Å². The highest BCUT2D eigenvalue weighted by Gasteiger charge is 2.44. The maximum atomic E-state index is 14.5. The molecule has 6 heterocycles. The number of carbonyl (C=O) groups excluding carboxylic acids is 3. The van der Waals surface area contributed by atoms with Gasteiger partial charge in [0.25, 0.3) is 0 Å². The summed E-state index contributed by atoms with van der Waals surface area (Å²) in [6, 6.07) is 11.9. The van der Waals surface area contributed by atoms with Gasteiger partial charge in [0.1, 0.15) is 29.3 Å². The zero-order valence-corrected chi connectivity index (χ0v) is 36.7. The molecule has 3 aromatic heterocycles. The number of amides is 3. The zero-order valence-electron chi connectivity index (χ0n) is 36.7. The van der Waals surface area contributed by atoms with E-state index < -0.39 is 12.1 Å². The van der Waals surface area contributed by atoms with Gasteiger partial charge in [0.2, 0.25) is 18.6 Å². The number of ether oxygens (including phenoxy) is 6. The van der Waals surface area contributed by atoms with Gasteiger partial charge in [-0.3, -0.25) is 14.6 Å². The molecule has 5 aliphatic rings. The van der Waals surface area contributed by atoms with Gasteiger partial charge in [-0.15, -0.1) is 0 Å². The summed E-state index contributed by atoms with van der Waals surface area (Å²) in [4.78, 5) is 61.0. The lowest BCUT2D eigenvalue weighted by Crippen LogP contribution is -2.56. The third kappa shape index (κ3) is 8.35. The molecular weight excluding hydrogens is 833 g/mol. The number of rotatable bonds is 13. The molecule has 0 radical (unpaired) electrons. The Bertz CT molecular complexity index is 2640. The molecular formula is C48H52N8O9. The normalized spacial score (nSPS) is 19.9. The van der Waals surface area contributed by atoms with Gasteiger partial charge in [0.15, 0.2) is 28.7 Å². The Kier molecular flexibility index (Phi) is 11.6. The van der Waals surface area contributed by atoms with Gasteiger partial charge < -0.3 is 43.6 Å². The molecule has 1 saturated heterocycles. The molecule has 17 heteroatoms. The van der Waals surface area contributed by atoms with Crippen LogP contribution >= 0.6 is 0 Å². The van der Waals surface area contributed by atoms with Gasteiger partial charge in [-0.05, 0) is 93.3 Å². The molecule has 65 heavy (non-hydrogen) atoms. The number of aryl methyl sites for hydroxylation is 1. The van der Waals surface area contributed by atoms with Crippen LogP contribution in [0.3, 0.4) is 0 Å². The van der Waals surface area contributed by atoms with Crippen molar-refractivity contribution in [1.82, 2.24) is 35.2 Å². The first-order chi connectivity index (χ1) is 31.8. The van der Waals surface area contributed by atoms with Gasteiger partial charge in [0, 0.05) is 49.3 Å². The highest BCUT2D eigenvalue weighted by Crippen LogP contribution is 2.49. The predicted molar refractivity (Wildman–Crippen MR) is 237 cm³/mol. The Morgan fingerprint density at radius 2 is 1.74 bits per heavy atom. The Morgan fingerprint density at radius 3 is 2.51 bits per heavy atom. The van der Waals surface area contributed by atoms with Crippen molar-refractivity contribution in [2.75, 3.05) is 40.7 Å². The summed E-state index contributed by atoms with van der Waals surface area (Å²) in [7, 11) is 3.22. The fraction of sp³-hybridized carbons (Fsp3) is 0.438. The van der Waals surface area contributed by atoms with Crippen molar-refractivity contribution in [3.63, 3.8) is 0 Å². The molecule has 3 fully saturated rings. The number of nitrogens with one attached hydrogen (secondary N) is 2. The van der Waals surface area contributed by atoms with Gasteiger partial charge >= 0.3 is 6.09 Å². The van der Waals surface area contributed by atoms with E-state index in [0.29, 0.717) is 95.2 Å². The van der Waals surface area contributed by atoms with E-state index in [9.17, 15) is 14.4 Å². The van der Waals surface area contributed by atoms with Crippen LogP contribution in [-0.2, 0) is 16.0 Å². The average Bonchev–Trinajstić information content (AvgIpc) is 3.96. The summed E-state index contributed by atoms with van der Waals surface area (Å²) >= 11 is 0. The number of likely N-dealkylation sites (tertiary alicyclic amines) is 1. The highest BCUT2D eigenvalue weighted by molar-refractivity contribution is 6.07. The molecule has 2 N–H and O–H groups in total. The first-order valence-corrected chi connectivity index (χ1v) is 22.5. The number of H-pyrrole nitrogens is 1. The molecule has 3 aliphatic heterocycles. The molecule has 0 spiro atoms. The van der Waals surface area contributed by atoms with Gasteiger partial charge in [-0.25, -0.2) is 19.8 Å². The van der Waals surface area contributed by atoms with Crippen LogP contribution in [0.5, 0.6) is 34.5 Å². The molecule has 3 atom stereocenters. The second kappa shape index (κ2) is 17.9. The minimum Gasteiger partial charge on any atom is -0.493 e. The fourth-order valence-electron chi connectivity index (χ4n) is 9.67. The van der Waals surface area contributed by atoms with Crippen LogP contribution < -0.4 is 33.7 Å². The molecule has 2 aromatic carbocycles. The molecule has 10 rings (SSSR count). The SMILES string of the molecule is COc1ccc(C2=NN(C3CCN(C(=O)[C@H](Cc4cccnc4)NC(=O)Oc4c(C)[nH]c5c(-c6c(OCC7CC7)ccc7c6OCO7)ncnc45)CC3)C(=O)[C@@H]3CCCC[C@H]23)cc1OC. The average molecular weight is 885 g/mol. The monoisotopic (exact) mass is 884 g/mol. The van der Waals surface area contributed by atoms with Crippen LogP contribution in [0.1, 0.15) is 68.2 Å². The molecule has 2 aliphatic carbocycles. The quantitative estimate of drug-likeness (QED) is 0.129. The van der Waals surface area contributed by atoms with E-state index in [-0.39, 0.29) is 48.7 Å². The molecule has 338 valence electrons. The van der Waals surface area contributed by atoms with Crippen LogP contribution in [0, 0.1) is 24.7 Å². The number of pyridine rings is 1. The van der Waals surface area contributed by atoms with Crippen LogP contribution in [0.2, 0.25) is 0 Å². The van der Waals surface area contributed by atoms with E-state index in [4.69, 9.17) is 33.5 Å². The van der Waals surface area contributed by atoms with Gasteiger partial charge in [-0.1, -0.05) is 18.9 Å². The molecule has 0 bridgehead atoms. The maximum Gasteiger partial charge on any atom is 0.413 e. The van der Waals surface area contributed by atoms with Gasteiger partial charge in [0.05, 0.1) is 49.4 Å². The topological polar surface area (TPSA) is 192 Å². The summed E-state index contributed by atoms with van der Waals surface area (Å²) in [6.45, 7) is 3.15. The van der Waals surface area contributed by atoms with Crippen molar-refractivity contribution in [3.8, 4) is 45.8 Å². The summed E-state index contributed by atoms with van der Waals surface area (Å²) < 4.78 is 35.0. The predicted octanol–water partition coefficient (Wildman–Crippen LogP) is 6.61. The van der Waals surface area contributed by atoms with Crippen molar-refractivity contribution in [1.29, 1.82) is 0 Å². The molecule has 17 nitrogen and oxygen atoms in total. The summed E-state index contributed by atoms with van der Waals surface area (Å²) in [5.74, 6) is 3.26. The van der Waals surface area contributed by atoms with Crippen LogP contribution in [-0.4, -0.2) is 106 Å². The number of aromatic nitrogens is 4. The fourth-order valence-corrected chi connectivity index (χ4v) is 9.67. The number of fused-ring (bicyclic) bond motifs is 3. The lowest BCUT2D eigenvalue weighted by atomic mass is 9.73. The van der Waals surface area contributed by atoms with E-state index >= 15 is 0 Å². The number of aromatic amines is 1. The Balaban J connectivity index is 0.869. The number of hydrogen-bond donors (Lipinski definition) is 2. The number of methoxy groups -OCH3 is 2. The lowest BCUT2D eigenvalue weighted by Gasteiger charge is -2.43. The van der Waals surface area contributed by atoms with Crippen molar-refractivity contribution < 1.29 is 42.8 Å². The van der Waals surface area contributed by atoms with Crippen molar-refractivity contribution >= 4 is 34.7 Å². The van der Waals surface area contributed by atoms with E-state index in [1.807, 2.05) is 36.4 Å². The standard InChI is InChI=1S/C48H52N8O9/c1-27-44(43-42(52-27)41(50-25-51-43)39-36(62-24-28-10-11-28)14-15-37-45(39)64-26-63-37)65-48(59)53-34(21-29-7-6-18-49-23-29)47(58)55-19-16-31(17-20-55)56-46(57)33-9-5-4-8-32(33)40(54-56)30-12-13-35(60-2)38(22-30)61-3/h6-7,12-15,18,22-23,25,28,31-34,52H,4-5,8-11,16-17,19-21,24,26H2,1-3H3,(H,53,59)/t32-,33+,34-/m0/s1. The number of benzene rings is 2. The Morgan fingerprint density at radius 1 is 0.938 bits per heavy atom. The third-order valence-electron chi connectivity index (χ3n) is 13.2. The first-order valence-electron chi connectivity index (χ1n) is 22.5. The molecule has 0 unspecified atom stereocenters. The maximum absolute atomic E-state index is 14.5. The summed E-state index contributed by atoms with van der Waals surface area (Å²) in [5, 5.41) is 9.65. The van der Waals surface area contributed by atoms with E-state index in [2.05, 4.69) is 25.3 Å². The van der Waals surface area contributed by atoms with Crippen LogP contribution in [0.25, 0.3) is 22.3 Å². The van der Waals surface area contributed by atoms with E-state index in [1.165, 1.54) is 6.33 Å². The van der Waals surface area contributed by atoms with Crippen molar-refractivity contribution in [2.24, 2.45) is 22.9 Å².